The lowest BCUT2D eigenvalue weighted by Gasteiger charge is -2.09. The van der Waals surface area contributed by atoms with Crippen LogP contribution in [-0.2, 0) is 0 Å². The lowest BCUT2D eigenvalue weighted by molar-refractivity contribution is 0.439. The molecule has 0 aromatic heterocycles. The highest BCUT2D eigenvalue weighted by molar-refractivity contribution is 5.30. The van der Waals surface area contributed by atoms with Crippen molar-refractivity contribution in [3.63, 3.8) is 0 Å². The second-order valence-electron chi connectivity index (χ2n) is 3.50. The van der Waals surface area contributed by atoms with Gasteiger partial charge < -0.3 is 4.74 Å². The molecule has 0 N–H and O–H groups in total. The molecular formula is C15H20O. The van der Waals surface area contributed by atoms with E-state index in [1.807, 2.05) is 32.1 Å². The van der Waals surface area contributed by atoms with E-state index in [1.54, 1.807) is 0 Å². The Morgan fingerprint density at radius 1 is 1.00 bits per heavy atom. The van der Waals surface area contributed by atoms with Gasteiger partial charge in [-0.05, 0) is 44.1 Å². The van der Waals surface area contributed by atoms with Crippen molar-refractivity contribution in [1.29, 1.82) is 0 Å². The van der Waals surface area contributed by atoms with E-state index in [0.717, 1.165) is 24.4 Å². The Hall–Kier alpha value is -1.50. The molecule has 0 bridgehead atoms. The lowest BCUT2D eigenvalue weighted by atomic mass is 10.2. The number of benzene rings is 1. The molecule has 0 saturated carbocycles. The Balaban J connectivity index is 0.000000606. The van der Waals surface area contributed by atoms with E-state index in [1.165, 1.54) is 5.56 Å². The third kappa shape index (κ3) is 3.93. The first kappa shape index (κ1) is 12.6. The first-order valence-electron chi connectivity index (χ1n) is 5.96. The van der Waals surface area contributed by atoms with E-state index in [4.69, 9.17) is 4.74 Å². The number of ether oxygens (including phenoxy) is 1. The molecular weight excluding hydrogens is 196 g/mol. The fourth-order valence-corrected chi connectivity index (χ4v) is 1.41. The summed E-state index contributed by atoms with van der Waals surface area (Å²) in [5.41, 5.74) is 1.26. The quantitative estimate of drug-likeness (QED) is 0.700. The fourth-order valence-electron chi connectivity index (χ4n) is 1.41. The maximum absolute atomic E-state index is 5.68. The summed E-state index contributed by atoms with van der Waals surface area (Å²) in [4.78, 5) is 0. The van der Waals surface area contributed by atoms with Gasteiger partial charge in [0.25, 0.3) is 0 Å². The topological polar surface area (TPSA) is 9.23 Å². The fraction of sp³-hybridized carbons (Fsp3) is 0.333. The van der Waals surface area contributed by atoms with Gasteiger partial charge in [0, 0.05) is 0 Å². The van der Waals surface area contributed by atoms with Crippen LogP contribution in [0.2, 0.25) is 0 Å². The molecule has 0 aliphatic heterocycles. The van der Waals surface area contributed by atoms with Gasteiger partial charge in [0.05, 0.1) is 0 Å². The predicted molar refractivity (Wildman–Crippen MR) is 69.6 cm³/mol. The summed E-state index contributed by atoms with van der Waals surface area (Å²) in [6, 6.07) is 8.11. The number of rotatable bonds is 2. The van der Waals surface area contributed by atoms with Gasteiger partial charge in [-0.2, -0.15) is 0 Å². The van der Waals surface area contributed by atoms with Crippen molar-refractivity contribution in [2.24, 2.45) is 0 Å². The maximum Gasteiger partial charge on any atom is 0.127 e. The van der Waals surface area contributed by atoms with Gasteiger partial charge in [0.15, 0.2) is 0 Å². The molecule has 1 nitrogen and oxygen atoms in total. The van der Waals surface area contributed by atoms with E-state index in [2.05, 4.69) is 31.2 Å². The van der Waals surface area contributed by atoms with E-state index in [-0.39, 0.29) is 0 Å². The Morgan fingerprint density at radius 2 is 1.69 bits per heavy atom. The van der Waals surface area contributed by atoms with Gasteiger partial charge in [-0.3, -0.25) is 0 Å². The Bertz CT molecular complexity index is 358. The zero-order valence-electron chi connectivity index (χ0n) is 10.4. The first-order valence-corrected chi connectivity index (χ1v) is 5.96. The molecule has 1 aromatic rings. The van der Waals surface area contributed by atoms with Gasteiger partial charge in [-0.15, -0.1) is 0 Å². The minimum atomic E-state index is 0.911. The van der Waals surface area contributed by atoms with Crippen LogP contribution in [0.4, 0.5) is 0 Å². The van der Waals surface area contributed by atoms with Gasteiger partial charge >= 0.3 is 0 Å². The summed E-state index contributed by atoms with van der Waals surface area (Å²) in [6.45, 7) is 6.07. The molecule has 86 valence electrons. The summed E-state index contributed by atoms with van der Waals surface area (Å²) in [5, 5.41) is 0. The molecule has 1 aliphatic carbocycles. The normalized spacial score (nSPS) is 13.6. The molecule has 2 rings (SSSR count). The van der Waals surface area contributed by atoms with Crippen molar-refractivity contribution in [1.82, 2.24) is 0 Å². The molecule has 0 spiro atoms. The second kappa shape index (κ2) is 6.89. The van der Waals surface area contributed by atoms with E-state index in [0.29, 0.717) is 0 Å². The highest BCUT2D eigenvalue weighted by Gasteiger charge is 1.99. The average Bonchev–Trinajstić information content (AvgIpc) is 2.36. The summed E-state index contributed by atoms with van der Waals surface area (Å²) in [6.07, 6.45) is 8.51. The number of hydrogen-bond donors (Lipinski definition) is 0. The highest BCUT2D eigenvalue weighted by atomic mass is 16.5. The standard InChI is InChI=1S/C13H14O.C2H6/c1-11-7-9-13(10-8-11)14-12-5-3-2-4-6-12;1-2/h3,5-10H,2,4H2,1H3;1-2H3. The largest absolute Gasteiger partial charge is 0.458 e. The predicted octanol–water partition coefficient (Wildman–Crippen LogP) is 4.63. The molecule has 1 aromatic carbocycles. The van der Waals surface area contributed by atoms with Crippen LogP contribution >= 0.6 is 0 Å². The van der Waals surface area contributed by atoms with Gasteiger partial charge in [0.1, 0.15) is 11.5 Å². The van der Waals surface area contributed by atoms with E-state index < -0.39 is 0 Å². The molecule has 1 heteroatoms. The van der Waals surface area contributed by atoms with Gasteiger partial charge in [0.2, 0.25) is 0 Å². The zero-order valence-corrected chi connectivity index (χ0v) is 10.4. The lowest BCUT2D eigenvalue weighted by Crippen LogP contribution is -1.94. The SMILES string of the molecule is CC.Cc1ccc(OC2=CCCC=C2)cc1. The number of allylic oxidation sites excluding steroid dienone is 3. The summed E-state index contributed by atoms with van der Waals surface area (Å²) >= 11 is 0. The van der Waals surface area contributed by atoms with Crippen molar-refractivity contribution in [2.45, 2.75) is 33.6 Å². The Labute approximate surface area is 98.5 Å². The van der Waals surface area contributed by atoms with E-state index >= 15 is 0 Å². The summed E-state index contributed by atoms with van der Waals surface area (Å²) < 4.78 is 5.68. The molecule has 1 aliphatic rings. The van der Waals surface area contributed by atoms with Crippen molar-refractivity contribution < 1.29 is 4.74 Å². The monoisotopic (exact) mass is 216 g/mol. The second-order valence-corrected chi connectivity index (χ2v) is 3.50. The van der Waals surface area contributed by atoms with Crippen molar-refractivity contribution in [2.75, 3.05) is 0 Å². The third-order valence-corrected chi connectivity index (χ3v) is 2.22. The number of aryl methyl sites for hydroxylation is 1. The van der Waals surface area contributed by atoms with Crippen molar-refractivity contribution in [3.05, 3.63) is 53.8 Å². The average molecular weight is 216 g/mol. The summed E-state index contributed by atoms with van der Waals surface area (Å²) in [7, 11) is 0. The molecule has 0 radical (unpaired) electrons. The first-order chi connectivity index (χ1) is 7.84. The van der Waals surface area contributed by atoms with Gasteiger partial charge in [-0.25, -0.2) is 0 Å². The zero-order chi connectivity index (χ0) is 11.8. The van der Waals surface area contributed by atoms with Crippen molar-refractivity contribution in [3.8, 4) is 5.75 Å². The van der Waals surface area contributed by atoms with Crippen LogP contribution in [0.25, 0.3) is 0 Å². The maximum atomic E-state index is 5.68. The van der Waals surface area contributed by atoms with Crippen LogP contribution in [0, 0.1) is 6.92 Å². The molecule has 0 amide bonds. The Kier molecular flexibility index (Phi) is 5.41. The minimum absolute atomic E-state index is 0.911. The van der Waals surface area contributed by atoms with Crippen molar-refractivity contribution >= 4 is 0 Å². The molecule has 0 fully saturated rings. The summed E-state index contributed by atoms with van der Waals surface area (Å²) in [5.74, 6) is 1.87. The van der Waals surface area contributed by atoms with Gasteiger partial charge in [-0.1, -0.05) is 37.6 Å². The molecule has 0 atom stereocenters. The Morgan fingerprint density at radius 3 is 2.25 bits per heavy atom. The highest BCUT2D eigenvalue weighted by Crippen LogP contribution is 2.18. The molecule has 0 unspecified atom stereocenters. The smallest absolute Gasteiger partial charge is 0.127 e. The number of hydrogen-bond acceptors (Lipinski definition) is 1. The molecule has 0 saturated heterocycles. The van der Waals surface area contributed by atoms with Crippen LogP contribution < -0.4 is 4.74 Å². The van der Waals surface area contributed by atoms with Crippen LogP contribution in [0.1, 0.15) is 32.3 Å². The minimum Gasteiger partial charge on any atom is -0.458 e. The van der Waals surface area contributed by atoms with Crippen LogP contribution in [-0.4, -0.2) is 0 Å². The van der Waals surface area contributed by atoms with Crippen LogP contribution in [0.15, 0.2) is 48.3 Å². The molecule has 16 heavy (non-hydrogen) atoms. The van der Waals surface area contributed by atoms with Crippen LogP contribution in [0.3, 0.4) is 0 Å². The molecule has 0 heterocycles. The van der Waals surface area contributed by atoms with Crippen LogP contribution in [0.5, 0.6) is 5.75 Å². The third-order valence-electron chi connectivity index (χ3n) is 2.22. The van der Waals surface area contributed by atoms with E-state index in [9.17, 15) is 0 Å².